The number of ketones is 1. The number of pyridine rings is 1. The van der Waals surface area contributed by atoms with E-state index in [2.05, 4.69) is 4.98 Å². The highest BCUT2D eigenvalue weighted by Crippen LogP contribution is 2.43. The smallest absolute Gasteiger partial charge is 0.310 e. The lowest BCUT2D eigenvalue weighted by atomic mass is 9.79. The molecule has 0 bridgehead atoms. The van der Waals surface area contributed by atoms with Gasteiger partial charge < -0.3 is 9.84 Å². The first-order chi connectivity index (χ1) is 16.1. The summed E-state index contributed by atoms with van der Waals surface area (Å²) in [5.41, 5.74) is 1.11. The molecular formula is C28H25NO4. The van der Waals surface area contributed by atoms with Gasteiger partial charge in [0.15, 0.2) is 5.78 Å². The van der Waals surface area contributed by atoms with E-state index < -0.39 is 11.4 Å². The molecule has 0 aliphatic heterocycles. The first kappa shape index (κ1) is 21.1. The molecule has 0 spiro atoms. The van der Waals surface area contributed by atoms with Crippen LogP contribution >= 0.6 is 0 Å². The number of hydrogen-bond acceptors (Lipinski definition) is 4. The summed E-state index contributed by atoms with van der Waals surface area (Å²) < 4.78 is 6.23. The lowest BCUT2D eigenvalue weighted by Gasteiger charge is -2.23. The monoisotopic (exact) mass is 439 g/mol. The lowest BCUT2D eigenvalue weighted by molar-refractivity contribution is -0.148. The van der Waals surface area contributed by atoms with Crippen molar-refractivity contribution in [2.75, 3.05) is 0 Å². The number of carbonyl (C=O) groups is 2. The van der Waals surface area contributed by atoms with E-state index >= 15 is 0 Å². The van der Waals surface area contributed by atoms with Gasteiger partial charge in [0.25, 0.3) is 0 Å². The van der Waals surface area contributed by atoms with Gasteiger partial charge in [-0.15, -0.1) is 0 Å². The topological polar surface area (TPSA) is 76.5 Å². The van der Waals surface area contributed by atoms with Gasteiger partial charge in [-0.05, 0) is 36.4 Å². The second-order valence-corrected chi connectivity index (χ2v) is 8.84. The van der Waals surface area contributed by atoms with Crippen molar-refractivity contribution in [1.29, 1.82) is 0 Å². The number of aliphatic carboxylic acids is 1. The first-order valence-corrected chi connectivity index (χ1v) is 11.3. The van der Waals surface area contributed by atoms with E-state index in [9.17, 15) is 14.7 Å². The maximum Gasteiger partial charge on any atom is 0.310 e. The van der Waals surface area contributed by atoms with Gasteiger partial charge in [0.05, 0.1) is 22.2 Å². The van der Waals surface area contributed by atoms with Gasteiger partial charge >= 0.3 is 5.97 Å². The number of para-hydroxylation sites is 1. The van der Waals surface area contributed by atoms with Crippen LogP contribution in [0.2, 0.25) is 0 Å². The molecular weight excluding hydrogens is 414 g/mol. The fourth-order valence-corrected chi connectivity index (χ4v) is 4.87. The van der Waals surface area contributed by atoms with Crippen molar-refractivity contribution in [3.05, 3.63) is 84.1 Å². The van der Waals surface area contributed by atoms with Crippen molar-refractivity contribution >= 4 is 33.4 Å². The highest BCUT2D eigenvalue weighted by Gasteiger charge is 2.43. The highest BCUT2D eigenvalue weighted by atomic mass is 16.5. The number of aromatic nitrogens is 1. The summed E-state index contributed by atoms with van der Waals surface area (Å²) in [6.45, 7) is 0.212. The van der Waals surface area contributed by atoms with Crippen LogP contribution in [0.25, 0.3) is 21.7 Å². The SMILES string of the molecule is O=C(CC1(C(=O)O)CCCC1)c1ccc2ccccc2c1OCc1ccc2ccccc2n1. The second kappa shape index (κ2) is 8.66. The zero-order valence-electron chi connectivity index (χ0n) is 18.3. The number of carboxylic acids is 1. The Kier molecular flexibility index (Phi) is 5.55. The van der Waals surface area contributed by atoms with Crippen molar-refractivity contribution in [2.45, 2.75) is 38.7 Å². The molecule has 166 valence electrons. The minimum absolute atomic E-state index is 0.00867. The number of carboxylic acid groups (broad SMARTS) is 1. The largest absolute Gasteiger partial charge is 0.486 e. The van der Waals surface area contributed by atoms with Crippen molar-refractivity contribution in [1.82, 2.24) is 4.98 Å². The minimum Gasteiger partial charge on any atom is -0.486 e. The van der Waals surface area contributed by atoms with Gasteiger partial charge in [-0.3, -0.25) is 9.59 Å². The van der Waals surface area contributed by atoms with Gasteiger partial charge in [-0.2, -0.15) is 0 Å². The fraction of sp³-hybridized carbons (Fsp3) is 0.250. The van der Waals surface area contributed by atoms with Crippen LogP contribution in [0.15, 0.2) is 72.8 Å². The summed E-state index contributed by atoms with van der Waals surface area (Å²) in [5.74, 6) is -0.574. The molecule has 5 nitrogen and oxygen atoms in total. The fourth-order valence-electron chi connectivity index (χ4n) is 4.87. The maximum atomic E-state index is 13.4. The molecule has 1 fully saturated rings. The Labute approximate surface area is 192 Å². The van der Waals surface area contributed by atoms with E-state index in [1.54, 1.807) is 6.07 Å². The van der Waals surface area contributed by atoms with Crippen LogP contribution in [-0.4, -0.2) is 21.8 Å². The van der Waals surface area contributed by atoms with Gasteiger partial charge in [0, 0.05) is 17.2 Å². The number of hydrogen-bond donors (Lipinski definition) is 1. The summed E-state index contributed by atoms with van der Waals surface area (Å²) >= 11 is 0. The minimum atomic E-state index is -0.972. The standard InChI is InChI=1S/C28H25NO4/c30-25(17-28(27(31)32)15-5-6-16-28)23-14-12-19-7-1-3-9-22(19)26(23)33-18-21-13-11-20-8-2-4-10-24(20)29-21/h1-4,7-14H,5-6,15-18H2,(H,31,32). The molecule has 5 rings (SSSR count). The number of nitrogens with zero attached hydrogens (tertiary/aromatic N) is 1. The summed E-state index contributed by atoms with van der Waals surface area (Å²) in [6, 6.07) is 23.2. The Balaban J connectivity index is 1.49. The molecule has 4 aromatic rings. The average Bonchev–Trinajstić information content (AvgIpc) is 3.32. The quantitative estimate of drug-likeness (QED) is 0.348. The Morgan fingerprint density at radius 3 is 2.36 bits per heavy atom. The molecule has 3 aromatic carbocycles. The Hall–Kier alpha value is -3.73. The van der Waals surface area contributed by atoms with Gasteiger partial charge in [-0.1, -0.05) is 67.4 Å². The van der Waals surface area contributed by atoms with E-state index in [-0.39, 0.29) is 18.8 Å². The molecule has 1 N–H and O–H groups in total. The maximum absolute atomic E-state index is 13.4. The summed E-state index contributed by atoms with van der Waals surface area (Å²) in [7, 11) is 0. The molecule has 1 aliphatic carbocycles. The average molecular weight is 440 g/mol. The first-order valence-electron chi connectivity index (χ1n) is 11.3. The Morgan fingerprint density at radius 1 is 0.879 bits per heavy atom. The molecule has 0 atom stereocenters. The number of ether oxygens (including phenoxy) is 1. The predicted molar refractivity (Wildman–Crippen MR) is 128 cm³/mol. The summed E-state index contributed by atoms with van der Waals surface area (Å²) in [4.78, 5) is 30.1. The zero-order chi connectivity index (χ0) is 22.8. The summed E-state index contributed by atoms with van der Waals surface area (Å²) in [5, 5.41) is 12.7. The van der Waals surface area contributed by atoms with E-state index in [1.165, 1.54) is 0 Å². The van der Waals surface area contributed by atoms with Crippen LogP contribution in [0.3, 0.4) is 0 Å². The lowest BCUT2D eigenvalue weighted by Crippen LogP contribution is -2.30. The molecule has 1 aromatic heterocycles. The van der Waals surface area contributed by atoms with Crippen LogP contribution < -0.4 is 4.74 Å². The van der Waals surface area contributed by atoms with Crippen molar-refractivity contribution in [2.24, 2.45) is 5.41 Å². The molecule has 33 heavy (non-hydrogen) atoms. The molecule has 0 amide bonds. The molecule has 5 heteroatoms. The zero-order valence-corrected chi connectivity index (χ0v) is 18.3. The Morgan fingerprint density at radius 2 is 1.58 bits per heavy atom. The van der Waals surface area contributed by atoms with E-state index in [1.807, 2.05) is 66.7 Å². The van der Waals surface area contributed by atoms with Crippen molar-refractivity contribution < 1.29 is 19.4 Å². The van der Waals surface area contributed by atoms with Crippen LogP contribution in [0, 0.1) is 5.41 Å². The number of benzene rings is 3. The number of Topliss-reactive ketones (excluding diaryl/α,β-unsaturated/α-hetero) is 1. The number of fused-ring (bicyclic) bond motifs is 2. The molecule has 0 saturated heterocycles. The van der Waals surface area contributed by atoms with Crippen LogP contribution in [-0.2, 0) is 11.4 Å². The molecule has 1 heterocycles. The molecule has 1 aliphatic rings. The van der Waals surface area contributed by atoms with Crippen LogP contribution in [0.4, 0.5) is 0 Å². The third-order valence-electron chi connectivity index (χ3n) is 6.71. The molecule has 0 unspecified atom stereocenters. The normalized spacial score (nSPS) is 15.0. The number of carbonyl (C=O) groups excluding carboxylic acids is 1. The van der Waals surface area contributed by atoms with E-state index in [0.29, 0.717) is 24.2 Å². The van der Waals surface area contributed by atoms with Crippen molar-refractivity contribution in [3.8, 4) is 5.75 Å². The predicted octanol–water partition coefficient (Wildman–Crippen LogP) is 6.18. The second-order valence-electron chi connectivity index (χ2n) is 8.84. The molecule has 1 saturated carbocycles. The Bertz CT molecular complexity index is 1350. The van der Waals surface area contributed by atoms with E-state index in [0.717, 1.165) is 40.2 Å². The summed E-state index contributed by atoms with van der Waals surface area (Å²) in [6.07, 6.45) is 2.76. The van der Waals surface area contributed by atoms with Gasteiger partial charge in [-0.25, -0.2) is 4.98 Å². The third-order valence-corrected chi connectivity index (χ3v) is 6.71. The van der Waals surface area contributed by atoms with Gasteiger partial charge in [0.1, 0.15) is 12.4 Å². The van der Waals surface area contributed by atoms with Crippen LogP contribution in [0.5, 0.6) is 5.75 Å². The highest BCUT2D eigenvalue weighted by molar-refractivity contribution is 6.06. The van der Waals surface area contributed by atoms with Crippen molar-refractivity contribution in [3.63, 3.8) is 0 Å². The van der Waals surface area contributed by atoms with E-state index in [4.69, 9.17) is 4.74 Å². The third kappa shape index (κ3) is 4.07. The van der Waals surface area contributed by atoms with Crippen LogP contribution in [0.1, 0.15) is 48.2 Å². The van der Waals surface area contributed by atoms with Gasteiger partial charge in [0.2, 0.25) is 0 Å². The number of rotatable bonds is 7. The molecule has 0 radical (unpaired) electrons.